The molecule has 1 aliphatic rings. The molecule has 0 aliphatic heterocycles. The van der Waals surface area contributed by atoms with Gasteiger partial charge in [0.25, 0.3) is 0 Å². The molecule has 0 bridgehead atoms. The Kier molecular flexibility index (Phi) is 4.59. The SMILES string of the molecule is CCOC(=O)C(C)NC1CC(c2cccc(C)c2)C1. The zero-order valence-electron chi connectivity index (χ0n) is 12.0. The van der Waals surface area contributed by atoms with Gasteiger partial charge in [-0.25, -0.2) is 0 Å². The Hall–Kier alpha value is -1.35. The van der Waals surface area contributed by atoms with Gasteiger partial charge < -0.3 is 10.1 Å². The molecule has 3 heteroatoms. The van der Waals surface area contributed by atoms with Gasteiger partial charge in [0.05, 0.1) is 6.61 Å². The maximum Gasteiger partial charge on any atom is 0.322 e. The smallest absolute Gasteiger partial charge is 0.322 e. The molecule has 0 saturated heterocycles. The van der Waals surface area contributed by atoms with Crippen molar-refractivity contribution in [3.63, 3.8) is 0 Å². The first-order valence-corrected chi connectivity index (χ1v) is 7.09. The van der Waals surface area contributed by atoms with Gasteiger partial charge in [0.2, 0.25) is 0 Å². The average Bonchev–Trinajstić information content (AvgIpc) is 2.33. The molecule has 1 fully saturated rings. The molecule has 0 heterocycles. The van der Waals surface area contributed by atoms with E-state index in [-0.39, 0.29) is 12.0 Å². The van der Waals surface area contributed by atoms with Crippen LogP contribution in [0, 0.1) is 6.92 Å². The Morgan fingerprint density at radius 2 is 2.21 bits per heavy atom. The third-order valence-corrected chi connectivity index (χ3v) is 3.78. The molecule has 0 radical (unpaired) electrons. The molecule has 104 valence electrons. The van der Waals surface area contributed by atoms with Gasteiger partial charge in [0.1, 0.15) is 6.04 Å². The van der Waals surface area contributed by atoms with Crippen LogP contribution in [0.2, 0.25) is 0 Å². The van der Waals surface area contributed by atoms with Gasteiger partial charge in [0, 0.05) is 6.04 Å². The minimum absolute atomic E-state index is 0.151. The van der Waals surface area contributed by atoms with E-state index >= 15 is 0 Å². The van der Waals surface area contributed by atoms with E-state index in [2.05, 4.69) is 36.5 Å². The zero-order valence-corrected chi connectivity index (χ0v) is 12.0. The van der Waals surface area contributed by atoms with E-state index in [4.69, 9.17) is 4.74 Å². The lowest BCUT2D eigenvalue weighted by Crippen LogP contribution is -2.47. The first-order chi connectivity index (χ1) is 9.10. The van der Waals surface area contributed by atoms with Crippen molar-refractivity contribution in [2.45, 2.75) is 51.6 Å². The number of nitrogens with one attached hydrogen (secondary N) is 1. The molecule has 1 N–H and O–H groups in total. The van der Waals surface area contributed by atoms with Crippen molar-refractivity contribution in [2.24, 2.45) is 0 Å². The fourth-order valence-corrected chi connectivity index (χ4v) is 2.64. The fourth-order valence-electron chi connectivity index (χ4n) is 2.64. The predicted octanol–water partition coefficient (Wildman–Crippen LogP) is 2.78. The normalized spacial score (nSPS) is 23.5. The number of aryl methyl sites for hydroxylation is 1. The van der Waals surface area contributed by atoms with Crippen LogP contribution in [0.5, 0.6) is 0 Å². The van der Waals surface area contributed by atoms with Gasteiger partial charge in [-0.3, -0.25) is 4.79 Å². The van der Waals surface area contributed by atoms with Crippen LogP contribution < -0.4 is 5.32 Å². The summed E-state index contributed by atoms with van der Waals surface area (Å²) in [6, 6.07) is 8.93. The van der Waals surface area contributed by atoms with Crippen LogP contribution in [0.4, 0.5) is 0 Å². The summed E-state index contributed by atoms with van der Waals surface area (Å²) >= 11 is 0. The molecule has 1 aliphatic carbocycles. The highest BCUT2D eigenvalue weighted by molar-refractivity contribution is 5.75. The third-order valence-electron chi connectivity index (χ3n) is 3.78. The van der Waals surface area contributed by atoms with Crippen LogP contribution in [-0.2, 0) is 9.53 Å². The Morgan fingerprint density at radius 3 is 2.84 bits per heavy atom. The summed E-state index contributed by atoms with van der Waals surface area (Å²) < 4.78 is 5.00. The first-order valence-electron chi connectivity index (χ1n) is 7.09. The van der Waals surface area contributed by atoms with Crippen LogP contribution >= 0.6 is 0 Å². The number of ether oxygens (including phenoxy) is 1. The summed E-state index contributed by atoms with van der Waals surface area (Å²) in [6.07, 6.45) is 2.21. The molecule has 0 amide bonds. The molecular formula is C16H23NO2. The van der Waals surface area contributed by atoms with Crippen molar-refractivity contribution >= 4 is 5.97 Å². The number of benzene rings is 1. The second kappa shape index (κ2) is 6.20. The van der Waals surface area contributed by atoms with Crippen molar-refractivity contribution in [3.8, 4) is 0 Å². The molecule has 1 unspecified atom stereocenters. The van der Waals surface area contributed by atoms with Crippen LogP contribution in [-0.4, -0.2) is 24.7 Å². The van der Waals surface area contributed by atoms with E-state index in [0.29, 0.717) is 18.6 Å². The topological polar surface area (TPSA) is 38.3 Å². The largest absolute Gasteiger partial charge is 0.465 e. The molecule has 1 atom stereocenters. The molecule has 3 nitrogen and oxygen atoms in total. The molecule has 0 aromatic heterocycles. The average molecular weight is 261 g/mol. The fraction of sp³-hybridized carbons (Fsp3) is 0.562. The first kappa shape index (κ1) is 14.1. The van der Waals surface area contributed by atoms with E-state index in [9.17, 15) is 4.79 Å². The minimum atomic E-state index is -0.205. The van der Waals surface area contributed by atoms with Gasteiger partial charge in [-0.05, 0) is 45.1 Å². The summed E-state index contributed by atoms with van der Waals surface area (Å²) in [5.74, 6) is 0.480. The zero-order chi connectivity index (χ0) is 13.8. The molecule has 1 aromatic rings. The quantitative estimate of drug-likeness (QED) is 0.828. The van der Waals surface area contributed by atoms with E-state index in [1.165, 1.54) is 11.1 Å². The Labute approximate surface area is 115 Å². The highest BCUT2D eigenvalue weighted by Crippen LogP contribution is 2.37. The van der Waals surface area contributed by atoms with Crippen LogP contribution in [0.15, 0.2) is 24.3 Å². The highest BCUT2D eigenvalue weighted by Gasteiger charge is 2.32. The Bertz CT molecular complexity index is 438. The molecule has 1 saturated carbocycles. The van der Waals surface area contributed by atoms with Crippen LogP contribution in [0.1, 0.15) is 43.7 Å². The number of hydrogen-bond acceptors (Lipinski definition) is 3. The number of hydrogen-bond donors (Lipinski definition) is 1. The third kappa shape index (κ3) is 3.57. The summed E-state index contributed by atoms with van der Waals surface area (Å²) in [5.41, 5.74) is 2.73. The molecule has 1 aromatic carbocycles. The molecule has 2 rings (SSSR count). The van der Waals surface area contributed by atoms with Crippen LogP contribution in [0.25, 0.3) is 0 Å². The molecule has 19 heavy (non-hydrogen) atoms. The standard InChI is InChI=1S/C16H23NO2/c1-4-19-16(18)12(3)17-15-9-14(10-15)13-7-5-6-11(2)8-13/h5-8,12,14-15,17H,4,9-10H2,1-3H3. The number of carbonyl (C=O) groups is 1. The van der Waals surface area contributed by atoms with Crippen molar-refractivity contribution < 1.29 is 9.53 Å². The number of esters is 1. The second-order valence-corrected chi connectivity index (χ2v) is 5.42. The van der Waals surface area contributed by atoms with Gasteiger partial charge in [0.15, 0.2) is 0 Å². The summed E-state index contributed by atoms with van der Waals surface area (Å²) in [7, 11) is 0. The summed E-state index contributed by atoms with van der Waals surface area (Å²) in [4.78, 5) is 11.5. The van der Waals surface area contributed by atoms with Gasteiger partial charge in [-0.15, -0.1) is 0 Å². The van der Waals surface area contributed by atoms with E-state index in [1.54, 1.807) is 0 Å². The van der Waals surface area contributed by atoms with Gasteiger partial charge in [-0.1, -0.05) is 29.8 Å². The monoisotopic (exact) mass is 261 g/mol. The summed E-state index contributed by atoms with van der Waals surface area (Å²) in [5, 5.41) is 3.34. The lowest BCUT2D eigenvalue weighted by atomic mass is 9.75. The van der Waals surface area contributed by atoms with Crippen molar-refractivity contribution in [1.82, 2.24) is 5.32 Å². The van der Waals surface area contributed by atoms with Crippen molar-refractivity contribution in [2.75, 3.05) is 6.61 Å². The maximum atomic E-state index is 11.5. The van der Waals surface area contributed by atoms with E-state index in [1.807, 2.05) is 13.8 Å². The van der Waals surface area contributed by atoms with Gasteiger partial charge >= 0.3 is 5.97 Å². The lowest BCUT2D eigenvalue weighted by Gasteiger charge is -2.37. The van der Waals surface area contributed by atoms with Crippen molar-refractivity contribution in [3.05, 3.63) is 35.4 Å². The van der Waals surface area contributed by atoms with E-state index in [0.717, 1.165) is 12.8 Å². The number of carbonyl (C=O) groups excluding carboxylic acids is 1. The lowest BCUT2D eigenvalue weighted by molar-refractivity contribution is -0.145. The van der Waals surface area contributed by atoms with Crippen LogP contribution in [0.3, 0.4) is 0 Å². The second-order valence-electron chi connectivity index (χ2n) is 5.42. The Balaban J connectivity index is 1.79. The van der Waals surface area contributed by atoms with Gasteiger partial charge in [-0.2, -0.15) is 0 Å². The maximum absolute atomic E-state index is 11.5. The minimum Gasteiger partial charge on any atom is -0.465 e. The van der Waals surface area contributed by atoms with Crippen molar-refractivity contribution in [1.29, 1.82) is 0 Å². The highest BCUT2D eigenvalue weighted by atomic mass is 16.5. The molecular weight excluding hydrogens is 238 g/mol. The summed E-state index contributed by atoms with van der Waals surface area (Å²) in [6.45, 7) is 6.28. The van der Waals surface area contributed by atoms with E-state index < -0.39 is 0 Å². The predicted molar refractivity (Wildman–Crippen MR) is 76.2 cm³/mol. The number of rotatable bonds is 5. The molecule has 0 spiro atoms. The Morgan fingerprint density at radius 1 is 1.47 bits per heavy atom.